The molecule has 2 aromatic rings. The van der Waals surface area contributed by atoms with Gasteiger partial charge in [0, 0.05) is 39.9 Å². The van der Waals surface area contributed by atoms with Crippen LogP contribution in [-0.2, 0) is 13.0 Å². The Morgan fingerprint density at radius 2 is 2.04 bits per heavy atom. The zero-order chi connectivity index (χ0) is 19.6. The minimum atomic E-state index is 0.749. The van der Waals surface area contributed by atoms with Crippen molar-refractivity contribution < 1.29 is 9.47 Å². The lowest BCUT2D eigenvalue weighted by Gasteiger charge is -2.22. The molecule has 0 bridgehead atoms. The molecule has 0 atom stereocenters. The van der Waals surface area contributed by atoms with Gasteiger partial charge in [-0.15, -0.1) is 0 Å². The van der Waals surface area contributed by atoms with Crippen molar-refractivity contribution in [2.45, 2.75) is 26.3 Å². The summed E-state index contributed by atoms with van der Waals surface area (Å²) in [6, 6.07) is 6.03. The van der Waals surface area contributed by atoms with Crippen LogP contribution in [0.1, 0.15) is 17.5 Å². The highest BCUT2D eigenvalue weighted by atomic mass is 16.5. The monoisotopic (exact) mass is 373 g/mol. The van der Waals surface area contributed by atoms with Crippen LogP contribution >= 0.6 is 0 Å². The first-order chi connectivity index (χ1) is 13.1. The molecule has 27 heavy (non-hydrogen) atoms. The minimum Gasteiger partial charge on any atom is -0.493 e. The van der Waals surface area contributed by atoms with Crippen molar-refractivity contribution >= 4 is 5.96 Å². The van der Waals surface area contributed by atoms with Gasteiger partial charge in [0.15, 0.2) is 17.5 Å². The summed E-state index contributed by atoms with van der Waals surface area (Å²) in [4.78, 5) is 6.51. The molecule has 0 saturated heterocycles. The predicted octanol–water partition coefficient (Wildman–Crippen LogP) is 2.35. The number of hydrogen-bond acceptors (Lipinski definition) is 4. The van der Waals surface area contributed by atoms with Gasteiger partial charge in [-0.05, 0) is 43.0 Å². The second kappa shape index (κ2) is 10.4. The van der Waals surface area contributed by atoms with E-state index < -0.39 is 0 Å². The maximum atomic E-state index is 5.37. The van der Waals surface area contributed by atoms with Gasteiger partial charge >= 0.3 is 0 Å². The number of rotatable bonds is 9. The molecule has 0 aliphatic heterocycles. The van der Waals surface area contributed by atoms with Crippen LogP contribution in [0.5, 0.6) is 11.5 Å². The van der Waals surface area contributed by atoms with Gasteiger partial charge in [0.25, 0.3) is 0 Å². The maximum absolute atomic E-state index is 5.37. The van der Waals surface area contributed by atoms with E-state index in [4.69, 9.17) is 9.47 Å². The van der Waals surface area contributed by atoms with Crippen molar-refractivity contribution in [1.82, 2.24) is 20.0 Å². The van der Waals surface area contributed by atoms with Crippen LogP contribution in [-0.4, -0.2) is 62.0 Å². The van der Waals surface area contributed by atoms with E-state index in [1.165, 1.54) is 11.1 Å². The normalized spacial score (nSPS) is 11.4. The molecule has 148 valence electrons. The zero-order valence-electron chi connectivity index (χ0n) is 17.0. The van der Waals surface area contributed by atoms with Gasteiger partial charge in [0.2, 0.25) is 0 Å². The highest BCUT2D eigenvalue weighted by Crippen LogP contribution is 2.27. The Bertz CT molecular complexity index is 742. The van der Waals surface area contributed by atoms with Crippen LogP contribution in [0.3, 0.4) is 0 Å². The molecule has 0 fully saturated rings. The number of guanidine groups is 1. The third-order valence-corrected chi connectivity index (χ3v) is 4.37. The first-order valence-electron chi connectivity index (χ1n) is 9.19. The van der Waals surface area contributed by atoms with Crippen molar-refractivity contribution in [3.8, 4) is 11.5 Å². The maximum Gasteiger partial charge on any atom is 0.193 e. The minimum absolute atomic E-state index is 0.749. The number of aliphatic imine (C=N–C) groups is 1. The molecule has 0 unspecified atom stereocenters. The second-order valence-corrected chi connectivity index (χ2v) is 6.47. The largest absolute Gasteiger partial charge is 0.493 e. The lowest BCUT2D eigenvalue weighted by Crippen LogP contribution is -2.40. The summed E-state index contributed by atoms with van der Waals surface area (Å²) in [5.41, 5.74) is 2.39. The number of likely N-dealkylation sites (N-methyl/N-ethyl adjacent to an activating group) is 1. The quantitative estimate of drug-likeness (QED) is 0.415. The van der Waals surface area contributed by atoms with Crippen molar-refractivity contribution in [2.75, 3.05) is 41.4 Å². The highest BCUT2D eigenvalue weighted by Gasteiger charge is 2.08. The van der Waals surface area contributed by atoms with E-state index in [1.54, 1.807) is 14.2 Å². The molecule has 7 nitrogen and oxygen atoms in total. The summed E-state index contributed by atoms with van der Waals surface area (Å²) in [6.07, 6.45) is 5.83. The average molecular weight is 374 g/mol. The van der Waals surface area contributed by atoms with Crippen molar-refractivity contribution in [3.63, 3.8) is 0 Å². The van der Waals surface area contributed by atoms with Gasteiger partial charge in [0.05, 0.1) is 20.4 Å². The summed E-state index contributed by atoms with van der Waals surface area (Å²) in [6.45, 7) is 4.66. The fourth-order valence-corrected chi connectivity index (χ4v) is 2.85. The van der Waals surface area contributed by atoms with Gasteiger partial charge in [-0.1, -0.05) is 6.07 Å². The van der Waals surface area contributed by atoms with Crippen molar-refractivity contribution in [2.24, 2.45) is 4.99 Å². The molecule has 0 spiro atoms. The summed E-state index contributed by atoms with van der Waals surface area (Å²) >= 11 is 0. The third kappa shape index (κ3) is 6.20. The molecule has 0 radical (unpaired) electrons. The average Bonchev–Trinajstić information content (AvgIpc) is 3.11. The van der Waals surface area contributed by atoms with Crippen molar-refractivity contribution in [3.05, 3.63) is 41.7 Å². The van der Waals surface area contributed by atoms with E-state index in [9.17, 15) is 0 Å². The van der Waals surface area contributed by atoms with Crippen LogP contribution in [0, 0.1) is 6.92 Å². The molecule has 7 heteroatoms. The van der Waals surface area contributed by atoms with Crippen LogP contribution in [0.4, 0.5) is 0 Å². The van der Waals surface area contributed by atoms with E-state index in [-0.39, 0.29) is 0 Å². The lowest BCUT2D eigenvalue weighted by molar-refractivity contribution is 0.354. The molecule has 0 aliphatic rings. The summed E-state index contributed by atoms with van der Waals surface area (Å²) in [5.74, 6) is 2.40. The molecule has 2 rings (SSSR count). The van der Waals surface area contributed by atoms with Gasteiger partial charge in [-0.2, -0.15) is 5.10 Å². The van der Waals surface area contributed by atoms with E-state index in [1.807, 2.05) is 37.1 Å². The van der Waals surface area contributed by atoms with Crippen LogP contribution < -0.4 is 14.8 Å². The molecular weight excluding hydrogens is 342 g/mol. The van der Waals surface area contributed by atoms with Crippen LogP contribution in [0.25, 0.3) is 0 Å². The number of nitrogens with one attached hydrogen (secondary N) is 1. The molecule has 1 heterocycles. The number of aryl methyl sites for hydroxylation is 2. The second-order valence-electron chi connectivity index (χ2n) is 6.47. The fourth-order valence-electron chi connectivity index (χ4n) is 2.85. The molecular formula is C20H31N5O2. The van der Waals surface area contributed by atoms with Gasteiger partial charge in [-0.3, -0.25) is 9.67 Å². The molecule has 1 aromatic carbocycles. The number of nitrogens with zero attached hydrogens (tertiary/aromatic N) is 4. The van der Waals surface area contributed by atoms with Gasteiger partial charge in [-0.25, -0.2) is 0 Å². The van der Waals surface area contributed by atoms with E-state index >= 15 is 0 Å². The smallest absolute Gasteiger partial charge is 0.193 e. The summed E-state index contributed by atoms with van der Waals surface area (Å²) < 4.78 is 12.6. The Morgan fingerprint density at radius 3 is 2.67 bits per heavy atom. The predicted molar refractivity (Wildman–Crippen MR) is 109 cm³/mol. The highest BCUT2D eigenvalue weighted by molar-refractivity contribution is 5.79. The first-order valence-corrected chi connectivity index (χ1v) is 9.19. The lowest BCUT2D eigenvalue weighted by atomic mass is 10.1. The molecule has 0 saturated carbocycles. The van der Waals surface area contributed by atoms with Crippen LogP contribution in [0.2, 0.25) is 0 Å². The van der Waals surface area contributed by atoms with Crippen LogP contribution in [0.15, 0.2) is 35.6 Å². The SMILES string of the molecule is CN=C(NCCCn1cc(C)cn1)N(C)CCc1ccc(OC)c(OC)c1. The van der Waals surface area contributed by atoms with E-state index in [0.717, 1.165) is 49.9 Å². The third-order valence-electron chi connectivity index (χ3n) is 4.37. The number of benzene rings is 1. The Labute approximate surface area is 162 Å². The first kappa shape index (κ1) is 20.6. The number of ether oxygens (including phenoxy) is 2. The molecule has 0 aliphatic carbocycles. The Balaban J connectivity index is 1.78. The summed E-state index contributed by atoms with van der Waals surface area (Å²) in [5, 5.41) is 7.72. The van der Waals surface area contributed by atoms with E-state index in [2.05, 4.69) is 39.5 Å². The van der Waals surface area contributed by atoms with Crippen molar-refractivity contribution in [1.29, 1.82) is 0 Å². The fraction of sp³-hybridized carbons (Fsp3) is 0.500. The molecule has 1 aromatic heterocycles. The Kier molecular flexibility index (Phi) is 7.98. The van der Waals surface area contributed by atoms with E-state index in [0.29, 0.717) is 0 Å². The molecule has 0 amide bonds. The van der Waals surface area contributed by atoms with Gasteiger partial charge in [0.1, 0.15) is 0 Å². The standard InChI is InChI=1S/C20H31N5O2/c1-16-14-23-25(15-16)11-6-10-22-20(21-2)24(3)12-9-17-7-8-18(26-4)19(13-17)27-5/h7-8,13-15H,6,9-12H2,1-5H3,(H,21,22). The number of hydrogen-bond donors (Lipinski definition) is 1. The topological polar surface area (TPSA) is 63.9 Å². The Morgan fingerprint density at radius 1 is 1.26 bits per heavy atom. The Hall–Kier alpha value is -2.70. The number of methoxy groups -OCH3 is 2. The summed E-state index contributed by atoms with van der Waals surface area (Å²) in [7, 11) is 7.16. The molecule has 1 N–H and O–H groups in total. The van der Waals surface area contributed by atoms with Gasteiger partial charge < -0.3 is 19.7 Å². The zero-order valence-corrected chi connectivity index (χ0v) is 17.0. The number of aromatic nitrogens is 2.